The van der Waals surface area contributed by atoms with Crippen LogP contribution in [0.4, 0.5) is 21.6 Å². The van der Waals surface area contributed by atoms with Crippen LogP contribution < -0.4 is 15.4 Å². The van der Waals surface area contributed by atoms with Crippen LogP contribution in [-0.2, 0) is 9.53 Å². The molecule has 3 heterocycles. The molecular weight excluding hydrogens is 579 g/mol. The SMILES string of the molecule is O=C(C=CCC1CC2CCC(C1)O2)Nc1cc2c(Nc3ccc(F)c(Cl)c3)ncnc2cc1OCC1CC2(CCCCC2)C1. The Labute approximate surface area is 263 Å². The molecule has 4 fully saturated rings. The van der Waals surface area contributed by atoms with Gasteiger partial charge in [0.1, 0.15) is 23.7 Å². The Morgan fingerprint density at radius 3 is 2.64 bits per heavy atom. The van der Waals surface area contributed by atoms with Gasteiger partial charge in [-0.15, -0.1) is 0 Å². The largest absolute Gasteiger partial charge is 0.491 e. The predicted octanol–water partition coefficient (Wildman–Crippen LogP) is 8.75. The van der Waals surface area contributed by atoms with E-state index in [1.54, 1.807) is 12.1 Å². The third-order valence-electron chi connectivity index (χ3n) is 10.1. The third-order valence-corrected chi connectivity index (χ3v) is 10.4. The number of rotatable bonds is 9. The normalized spacial score (nSPS) is 24.5. The Balaban J connectivity index is 1.09. The maximum atomic E-state index is 13.8. The van der Waals surface area contributed by atoms with Crippen molar-refractivity contribution in [3.8, 4) is 5.75 Å². The zero-order valence-electron chi connectivity index (χ0n) is 25.0. The van der Waals surface area contributed by atoms with Gasteiger partial charge in [0, 0.05) is 17.1 Å². The van der Waals surface area contributed by atoms with Gasteiger partial charge in [0.2, 0.25) is 5.91 Å². The van der Waals surface area contributed by atoms with Crippen molar-refractivity contribution in [1.82, 2.24) is 9.97 Å². The van der Waals surface area contributed by atoms with Gasteiger partial charge >= 0.3 is 0 Å². The third kappa shape index (κ3) is 6.57. The van der Waals surface area contributed by atoms with Crippen LogP contribution in [0.1, 0.15) is 77.0 Å². The fourth-order valence-electron chi connectivity index (χ4n) is 8.01. The first-order valence-electron chi connectivity index (χ1n) is 16.2. The minimum atomic E-state index is -0.491. The molecule has 44 heavy (non-hydrogen) atoms. The molecule has 2 aliphatic heterocycles. The van der Waals surface area contributed by atoms with Crippen LogP contribution in [0.15, 0.2) is 48.8 Å². The van der Waals surface area contributed by atoms with Crippen molar-refractivity contribution in [2.45, 2.75) is 89.3 Å². The fraction of sp³-hybridized carbons (Fsp3) is 0.514. The highest BCUT2D eigenvalue weighted by atomic mass is 35.5. The summed E-state index contributed by atoms with van der Waals surface area (Å²) in [5, 5.41) is 7.00. The minimum absolute atomic E-state index is 0.0168. The van der Waals surface area contributed by atoms with Gasteiger partial charge in [0.25, 0.3) is 0 Å². The number of nitrogens with one attached hydrogen (secondary N) is 2. The summed E-state index contributed by atoms with van der Waals surface area (Å²) in [6, 6.07) is 8.13. The van der Waals surface area contributed by atoms with Crippen molar-refractivity contribution in [1.29, 1.82) is 0 Å². The van der Waals surface area contributed by atoms with E-state index in [-0.39, 0.29) is 10.9 Å². The van der Waals surface area contributed by atoms with Gasteiger partial charge in [-0.05, 0) is 105 Å². The first kappa shape index (κ1) is 29.5. The molecular formula is C35H40ClFN4O3. The van der Waals surface area contributed by atoms with E-state index < -0.39 is 5.82 Å². The first-order valence-corrected chi connectivity index (χ1v) is 16.6. The van der Waals surface area contributed by atoms with Gasteiger partial charge in [-0.3, -0.25) is 4.79 Å². The molecule has 1 amide bonds. The van der Waals surface area contributed by atoms with Crippen LogP contribution in [-0.4, -0.2) is 34.7 Å². The standard InChI is InChI=1S/C35H40ClFN4O3/c36-28-15-24(7-10-29(28)37)40-34-27-16-31(41-33(42)6-4-5-22-13-25-8-9-26(14-22)44-25)32(17-30(27)38-21-39-34)43-20-23-18-35(19-23)11-2-1-3-12-35/h4,6-7,10,15-17,21-23,25-26H,1-3,5,8-9,11-14,18-20H2,(H,41,42)(H,38,39,40). The van der Waals surface area contributed by atoms with E-state index in [2.05, 4.69) is 20.6 Å². The first-order chi connectivity index (χ1) is 21.4. The van der Waals surface area contributed by atoms with E-state index in [9.17, 15) is 9.18 Å². The number of amides is 1. The van der Waals surface area contributed by atoms with E-state index in [0.717, 1.165) is 32.1 Å². The van der Waals surface area contributed by atoms with Gasteiger partial charge < -0.3 is 20.1 Å². The number of carbonyl (C=O) groups excluding carboxylic acids is 1. The highest BCUT2D eigenvalue weighted by Gasteiger charge is 2.44. The van der Waals surface area contributed by atoms with E-state index >= 15 is 0 Å². The second kappa shape index (κ2) is 12.6. The van der Waals surface area contributed by atoms with E-state index in [4.69, 9.17) is 21.1 Å². The summed E-state index contributed by atoms with van der Waals surface area (Å²) in [6.45, 7) is 0.613. The van der Waals surface area contributed by atoms with E-state index in [0.29, 0.717) is 69.9 Å². The molecule has 2 aromatic carbocycles. The molecule has 1 spiro atoms. The molecule has 2 bridgehead atoms. The lowest BCUT2D eigenvalue weighted by Crippen LogP contribution is -2.41. The Kier molecular flexibility index (Phi) is 8.47. The van der Waals surface area contributed by atoms with Crippen LogP contribution in [0.2, 0.25) is 5.02 Å². The number of carbonyl (C=O) groups is 1. The lowest BCUT2D eigenvalue weighted by molar-refractivity contribution is -0.111. The molecule has 2 unspecified atom stereocenters. The number of aromatic nitrogens is 2. The van der Waals surface area contributed by atoms with E-state index in [1.165, 1.54) is 63.4 Å². The number of ether oxygens (including phenoxy) is 2. The molecule has 0 radical (unpaired) electrons. The van der Waals surface area contributed by atoms with Gasteiger partial charge in [-0.1, -0.05) is 36.9 Å². The van der Waals surface area contributed by atoms with Crippen molar-refractivity contribution in [2.75, 3.05) is 17.2 Å². The number of fused-ring (bicyclic) bond motifs is 3. The van der Waals surface area contributed by atoms with Crippen molar-refractivity contribution in [3.63, 3.8) is 0 Å². The van der Waals surface area contributed by atoms with Crippen LogP contribution in [0.5, 0.6) is 5.75 Å². The summed E-state index contributed by atoms with van der Waals surface area (Å²) < 4.78 is 26.1. The molecule has 2 saturated heterocycles. The van der Waals surface area contributed by atoms with Crippen LogP contribution in [0, 0.1) is 23.1 Å². The fourth-order valence-corrected chi connectivity index (χ4v) is 8.19. The summed E-state index contributed by atoms with van der Waals surface area (Å²) in [4.78, 5) is 22.1. The molecule has 2 saturated carbocycles. The second-order valence-electron chi connectivity index (χ2n) is 13.4. The quantitative estimate of drug-likeness (QED) is 0.233. The molecule has 232 valence electrons. The van der Waals surface area contributed by atoms with Crippen LogP contribution >= 0.6 is 11.6 Å². The summed E-state index contributed by atoms with van der Waals surface area (Å²) >= 11 is 6.01. The molecule has 3 aromatic rings. The minimum Gasteiger partial charge on any atom is -0.491 e. The smallest absolute Gasteiger partial charge is 0.248 e. The lowest BCUT2D eigenvalue weighted by Gasteiger charge is -2.50. The Hall–Kier alpha value is -3.23. The maximum absolute atomic E-state index is 13.8. The highest BCUT2D eigenvalue weighted by Crippen LogP contribution is 2.55. The topological polar surface area (TPSA) is 85.4 Å². The number of halogens is 2. The van der Waals surface area contributed by atoms with Crippen molar-refractivity contribution < 1.29 is 18.7 Å². The number of allylic oxidation sites excluding steroid dienone is 1. The van der Waals surface area contributed by atoms with Gasteiger partial charge in [0.05, 0.1) is 35.0 Å². The van der Waals surface area contributed by atoms with Crippen molar-refractivity contribution in [3.05, 3.63) is 59.7 Å². The van der Waals surface area contributed by atoms with Crippen molar-refractivity contribution in [2.24, 2.45) is 17.3 Å². The lowest BCUT2D eigenvalue weighted by atomic mass is 9.56. The molecule has 9 heteroatoms. The zero-order chi connectivity index (χ0) is 30.1. The number of hydrogen-bond acceptors (Lipinski definition) is 6. The molecule has 2 aliphatic carbocycles. The molecule has 7 rings (SSSR count). The summed E-state index contributed by atoms with van der Waals surface area (Å²) in [7, 11) is 0. The van der Waals surface area contributed by atoms with Gasteiger partial charge in [0.15, 0.2) is 0 Å². The van der Waals surface area contributed by atoms with Crippen molar-refractivity contribution >= 4 is 45.6 Å². The summed E-state index contributed by atoms with van der Waals surface area (Å²) in [5.74, 6) is 1.50. The molecule has 4 aliphatic rings. The Morgan fingerprint density at radius 2 is 1.86 bits per heavy atom. The van der Waals surface area contributed by atoms with E-state index in [1.807, 2.05) is 18.2 Å². The van der Waals surface area contributed by atoms with Crippen LogP contribution in [0.25, 0.3) is 10.9 Å². The Morgan fingerprint density at radius 1 is 1.07 bits per heavy atom. The maximum Gasteiger partial charge on any atom is 0.248 e. The monoisotopic (exact) mass is 618 g/mol. The number of hydrogen-bond donors (Lipinski definition) is 2. The predicted molar refractivity (Wildman–Crippen MR) is 171 cm³/mol. The average molecular weight is 619 g/mol. The number of anilines is 3. The molecule has 2 N–H and O–H groups in total. The summed E-state index contributed by atoms with van der Waals surface area (Å²) in [6.07, 6.45) is 20.4. The number of benzene rings is 2. The van der Waals surface area contributed by atoms with Gasteiger partial charge in [-0.2, -0.15) is 0 Å². The second-order valence-corrected chi connectivity index (χ2v) is 13.8. The molecule has 7 nitrogen and oxygen atoms in total. The average Bonchev–Trinajstić information content (AvgIpc) is 3.35. The molecule has 2 atom stereocenters. The summed E-state index contributed by atoms with van der Waals surface area (Å²) in [5.41, 5.74) is 2.36. The zero-order valence-corrected chi connectivity index (χ0v) is 25.8. The number of nitrogens with zero attached hydrogens (tertiary/aromatic N) is 2. The van der Waals surface area contributed by atoms with Crippen LogP contribution in [0.3, 0.4) is 0 Å². The van der Waals surface area contributed by atoms with Gasteiger partial charge in [-0.25, -0.2) is 14.4 Å². The highest BCUT2D eigenvalue weighted by molar-refractivity contribution is 6.31. The molecule has 1 aromatic heterocycles. The Bertz CT molecular complexity index is 1540.